The van der Waals surface area contributed by atoms with Gasteiger partial charge < -0.3 is 14.0 Å². The van der Waals surface area contributed by atoms with Crippen molar-refractivity contribution in [2.24, 2.45) is 10.8 Å². The smallest absolute Gasteiger partial charge is 0.161 e. The maximum atomic E-state index is 9.07. The highest BCUT2D eigenvalue weighted by atomic mass is 28.2. The van der Waals surface area contributed by atoms with Gasteiger partial charge in [0.25, 0.3) is 0 Å². The molecule has 0 aromatic heterocycles. The van der Waals surface area contributed by atoms with Crippen molar-refractivity contribution in [1.82, 2.24) is 0 Å². The van der Waals surface area contributed by atoms with E-state index in [0.717, 1.165) is 19.3 Å². The van der Waals surface area contributed by atoms with Crippen molar-refractivity contribution in [2.75, 3.05) is 6.61 Å². The van der Waals surface area contributed by atoms with Crippen LogP contribution in [0.1, 0.15) is 47.0 Å². The van der Waals surface area contributed by atoms with Crippen molar-refractivity contribution in [3.05, 3.63) is 0 Å². The van der Waals surface area contributed by atoms with E-state index >= 15 is 0 Å². The molecule has 0 saturated carbocycles. The molecule has 0 aromatic carbocycles. The molecule has 110 valence electrons. The molecule has 0 atom stereocenters. The minimum absolute atomic E-state index is 0.0178. The molecular weight excluding hydrogens is 260 g/mol. The van der Waals surface area contributed by atoms with Crippen molar-refractivity contribution >= 4 is 19.5 Å². The zero-order chi connectivity index (χ0) is 14.2. The number of hydrogen-bond acceptors (Lipinski definition) is 3. The molecule has 18 heavy (non-hydrogen) atoms. The van der Waals surface area contributed by atoms with Gasteiger partial charge in [-0.1, -0.05) is 40.8 Å². The normalized spacial score (nSPS) is 16.2. The van der Waals surface area contributed by atoms with E-state index < -0.39 is 19.5 Å². The van der Waals surface area contributed by atoms with Gasteiger partial charge in [0.1, 0.15) is 6.29 Å². The lowest BCUT2D eigenvalue weighted by molar-refractivity contribution is -0.0857. The molecule has 0 saturated heterocycles. The second-order valence-corrected chi connectivity index (χ2v) is 8.19. The Kier molecular flexibility index (Phi) is 8.63. The minimum atomic E-state index is -0.437. The van der Waals surface area contributed by atoms with Crippen LogP contribution in [0.25, 0.3) is 0 Å². The molecule has 0 bridgehead atoms. The molecule has 0 aliphatic heterocycles. The summed E-state index contributed by atoms with van der Waals surface area (Å²) in [6.45, 7) is 13.5. The summed E-state index contributed by atoms with van der Waals surface area (Å²) in [5.74, 6) is 0. The third kappa shape index (κ3) is 7.04. The van der Waals surface area contributed by atoms with Gasteiger partial charge in [0, 0.05) is 12.0 Å². The first-order valence-corrected chi connectivity index (χ1v) is 11.1. The molecule has 5 heteroatoms. The van der Waals surface area contributed by atoms with Crippen LogP contribution >= 0.6 is 0 Å². The van der Waals surface area contributed by atoms with Crippen LogP contribution in [0, 0.1) is 10.8 Å². The zero-order valence-corrected chi connectivity index (χ0v) is 15.9. The summed E-state index contributed by atoms with van der Waals surface area (Å²) in [6.07, 6.45) is 3.02. The van der Waals surface area contributed by atoms with Crippen LogP contribution in [0.5, 0.6) is 0 Å². The molecule has 0 aliphatic carbocycles. The van der Waals surface area contributed by atoms with Gasteiger partial charge in [-0.2, -0.15) is 0 Å². The fourth-order valence-corrected chi connectivity index (χ4v) is 3.90. The first-order chi connectivity index (χ1) is 8.29. The molecule has 0 amide bonds. The van der Waals surface area contributed by atoms with Gasteiger partial charge in [0.05, 0.1) is 0 Å². The highest BCUT2D eigenvalue weighted by Gasteiger charge is 2.32. The molecule has 0 rings (SSSR count). The van der Waals surface area contributed by atoms with Gasteiger partial charge in [-0.05, 0) is 24.7 Å². The molecule has 3 nitrogen and oxygen atoms in total. The van der Waals surface area contributed by atoms with E-state index in [0.29, 0.717) is 0 Å². The van der Waals surface area contributed by atoms with Crippen molar-refractivity contribution in [3.8, 4) is 0 Å². The summed E-state index contributed by atoms with van der Waals surface area (Å²) in [6, 6.07) is 0. The average Bonchev–Trinajstić information content (AvgIpc) is 2.26. The highest BCUT2D eigenvalue weighted by Crippen LogP contribution is 2.36. The highest BCUT2D eigenvalue weighted by molar-refractivity contribution is 6.26. The van der Waals surface area contributed by atoms with Crippen LogP contribution in [0.3, 0.4) is 0 Å². The van der Waals surface area contributed by atoms with Gasteiger partial charge in [-0.3, -0.25) is 0 Å². The first kappa shape index (κ1) is 18.3. The number of aliphatic hydroxyl groups excluding tert-OH is 1. The zero-order valence-electron chi connectivity index (χ0n) is 13.1. The largest absolute Gasteiger partial charge is 0.400 e. The minimum Gasteiger partial charge on any atom is -0.400 e. The van der Waals surface area contributed by atoms with Gasteiger partial charge in [0.2, 0.25) is 0 Å². The molecule has 0 fully saturated rings. The molecule has 0 aliphatic rings. The van der Waals surface area contributed by atoms with Crippen LogP contribution in [0.2, 0.25) is 13.1 Å². The van der Waals surface area contributed by atoms with E-state index in [4.69, 9.17) is 14.0 Å². The third-order valence-corrected chi connectivity index (χ3v) is 4.78. The van der Waals surface area contributed by atoms with Gasteiger partial charge >= 0.3 is 0 Å². The summed E-state index contributed by atoms with van der Waals surface area (Å²) in [7, 11) is -0.874. The van der Waals surface area contributed by atoms with Crippen LogP contribution in [-0.4, -0.2) is 37.5 Å². The molecule has 0 radical (unpaired) electrons. The quantitative estimate of drug-likeness (QED) is 0.493. The van der Waals surface area contributed by atoms with E-state index in [1.807, 2.05) is 0 Å². The summed E-state index contributed by atoms with van der Waals surface area (Å²) in [5, 5.41) is 9.07. The fourth-order valence-electron chi connectivity index (χ4n) is 2.01. The Bertz CT molecular complexity index is 214. The van der Waals surface area contributed by atoms with E-state index in [2.05, 4.69) is 40.8 Å². The number of aliphatic hydroxyl groups is 1. The molecule has 1 N–H and O–H groups in total. The first-order valence-electron chi connectivity index (χ1n) is 7.13. The Morgan fingerprint density at radius 3 is 1.83 bits per heavy atom. The Morgan fingerprint density at radius 1 is 0.944 bits per heavy atom. The van der Waals surface area contributed by atoms with Crippen molar-refractivity contribution < 1.29 is 14.0 Å². The average molecular weight is 293 g/mol. The molecular formula is C13H32O3Si2. The molecule has 0 aromatic rings. The van der Waals surface area contributed by atoms with Crippen molar-refractivity contribution in [2.45, 2.75) is 66.3 Å². The van der Waals surface area contributed by atoms with Crippen molar-refractivity contribution in [1.29, 1.82) is 0 Å². The molecule has 0 spiro atoms. The lowest BCUT2D eigenvalue weighted by atomic mass is 9.77. The van der Waals surface area contributed by atoms with Crippen LogP contribution in [0.4, 0.5) is 0 Å². The molecule has 0 heterocycles. The molecule has 0 unspecified atom stereocenters. The Hall–Kier alpha value is 0.314. The summed E-state index contributed by atoms with van der Waals surface area (Å²) in [5.41, 5.74) is 0.266. The van der Waals surface area contributed by atoms with E-state index in [-0.39, 0.29) is 23.7 Å². The summed E-state index contributed by atoms with van der Waals surface area (Å²) < 4.78 is 11.7. The predicted molar refractivity (Wildman–Crippen MR) is 83.3 cm³/mol. The third-order valence-electron chi connectivity index (χ3n) is 3.51. The second-order valence-electron chi connectivity index (χ2n) is 6.37. The van der Waals surface area contributed by atoms with Crippen LogP contribution < -0.4 is 0 Å². The van der Waals surface area contributed by atoms with Gasteiger partial charge in [-0.25, -0.2) is 0 Å². The van der Waals surface area contributed by atoms with E-state index in [9.17, 15) is 0 Å². The Labute approximate surface area is 118 Å². The predicted octanol–water partition coefficient (Wildman–Crippen LogP) is 1.82. The van der Waals surface area contributed by atoms with Crippen LogP contribution in [0.15, 0.2) is 0 Å². The SMILES string of the molecule is C[SiH2]OC(O[SiH2]C)C(C)(C)CCC(C)(C)CCO. The maximum Gasteiger partial charge on any atom is 0.161 e. The lowest BCUT2D eigenvalue weighted by Gasteiger charge is -2.37. The van der Waals surface area contributed by atoms with E-state index in [1.54, 1.807) is 0 Å². The Balaban J connectivity index is 4.41. The lowest BCUT2D eigenvalue weighted by Crippen LogP contribution is -2.37. The van der Waals surface area contributed by atoms with E-state index in [1.165, 1.54) is 0 Å². The standard InChI is InChI=1S/C13H32O3Si2/c1-12(2,9-10-14)7-8-13(3,4)11(15-17-5)16-18-6/h11,14H,7-10,17-18H2,1-6H3. The van der Waals surface area contributed by atoms with Crippen molar-refractivity contribution in [3.63, 3.8) is 0 Å². The Morgan fingerprint density at radius 2 is 1.44 bits per heavy atom. The topological polar surface area (TPSA) is 38.7 Å². The number of rotatable bonds is 10. The summed E-state index contributed by atoms with van der Waals surface area (Å²) in [4.78, 5) is 0. The maximum absolute atomic E-state index is 9.07. The fraction of sp³-hybridized carbons (Fsp3) is 1.00. The van der Waals surface area contributed by atoms with Gasteiger partial charge in [0.15, 0.2) is 19.5 Å². The number of hydrogen-bond donors (Lipinski definition) is 1. The second kappa shape index (κ2) is 8.48. The van der Waals surface area contributed by atoms with Crippen LogP contribution in [-0.2, 0) is 8.85 Å². The van der Waals surface area contributed by atoms with Gasteiger partial charge in [-0.15, -0.1) is 0 Å². The summed E-state index contributed by atoms with van der Waals surface area (Å²) >= 11 is 0. The monoisotopic (exact) mass is 292 g/mol.